The number of likely N-dealkylation sites (tertiary alicyclic amines) is 1. The minimum absolute atomic E-state index is 0.286. The summed E-state index contributed by atoms with van der Waals surface area (Å²) in [6, 6.07) is 8.09. The minimum Gasteiger partial charge on any atom is -0.494 e. The number of carbonyl (C=O) groups excluding carboxylic acids is 1. The molecule has 116 valence electrons. The number of carbonyl (C=O) groups is 1. The van der Waals surface area contributed by atoms with Crippen LogP contribution in [0.25, 0.3) is 0 Å². The van der Waals surface area contributed by atoms with E-state index in [0.29, 0.717) is 13.0 Å². The second-order valence-corrected chi connectivity index (χ2v) is 5.45. The first-order valence-corrected chi connectivity index (χ1v) is 8.00. The van der Waals surface area contributed by atoms with Crippen LogP contribution in [0.1, 0.15) is 38.2 Å². The van der Waals surface area contributed by atoms with Gasteiger partial charge in [-0.25, -0.2) is 0 Å². The number of nitrogens with one attached hydrogen (secondary N) is 1. The molecule has 2 rings (SSSR count). The Balaban J connectivity index is 1.63. The Morgan fingerprint density at radius 1 is 1.19 bits per heavy atom. The zero-order valence-electron chi connectivity index (χ0n) is 12.9. The van der Waals surface area contributed by atoms with Gasteiger partial charge in [0.25, 0.3) is 0 Å². The highest BCUT2D eigenvalue weighted by Crippen LogP contribution is 2.12. The average molecular weight is 290 g/mol. The van der Waals surface area contributed by atoms with Crippen LogP contribution in [-0.2, 0) is 11.3 Å². The Labute approximate surface area is 127 Å². The summed E-state index contributed by atoms with van der Waals surface area (Å²) in [5.74, 6) is 1.19. The quantitative estimate of drug-likeness (QED) is 0.785. The van der Waals surface area contributed by atoms with Gasteiger partial charge in [-0.1, -0.05) is 12.1 Å². The number of hydrogen-bond donors (Lipinski definition) is 1. The Hall–Kier alpha value is -1.55. The molecule has 0 spiro atoms. The molecule has 0 aliphatic carbocycles. The first kappa shape index (κ1) is 15.8. The summed E-state index contributed by atoms with van der Waals surface area (Å²) in [6.07, 6.45) is 4.17. The van der Waals surface area contributed by atoms with Gasteiger partial charge in [-0.15, -0.1) is 0 Å². The summed E-state index contributed by atoms with van der Waals surface area (Å²) in [5.41, 5.74) is 1.21. The van der Waals surface area contributed by atoms with Gasteiger partial charge in [0.1, 0.15) is 5.75 Å². The Kier molecular flexibility index (Phi) is 6.54. The Bertz CT molecular complexity index is 425. The predicted molar refractivity (Wildman–Crippen MR) is 84.4 cm³/mol. The molecule has 0 aromatic heterocycles. The molecule has 1 aromatic carbocycles. The van der Waals surface area contributed by atoms with Crippen LogP contribution in [0.15, 0.2) is 24.3 Å². The van der Waals surface area contributed by atoms with Gasteiger partial charge in [0.15, 0.2) is 0 Å². The van der Waals surface area contributed by atoms with E-state index in [1.54, 1.807) is 0 Å². The van der Waals surface area contributed by atoms with E-state index in [2.05, 4.69) is 17.4 Å². The second-order valence-electron chi connectivity index (χ2n) is 5.45. The standard InChI is InChI=1S/C17H26N2O2/c1-2-21-16-8-6-15(7-9-16)14-18-11-10-17(20)19-12-4-3-5-13-19/h6-9,18H,2-5,10-14H2,1H3. The molecule has 1 aromatic rings. The molecule has 1 amide bonds. The van der Waals surface area contributed by atoms with Crippen molar-refractivity contribution in [3.63, 3.8) is 0 Å². The van der Waals surface area contributed by atoms with Crippen molar-refractivity contribution in [1.29, 1.82) is 0 Å². The molecule has 4 heteroatoms. The van der Waals surface area contributed by atoms with Crippen molar-refractivity contribution >= 4 is 5.91 Å². The number of rotatable bonds is 7. The highest BCUT2D eigenvalue weighted by molar-refractivity contribution is 5.76. The van der Waals surface area contributed by atoms with Crippen molar-refractivity contribution in [2.75, 3.05) is 26.2 Å². The average Bonchev–Trinajstić information content (AvgIpc) is 2.54. The van der Waals surface area contributed by atoms with Crippen LogP contribution in [0.5, 0.6) is 5.75 Å². The normalized spacial score (nSPS) is 15.0. The van der Waals surface area contributed by atoms with E-state index < -0.39 is 0 Å². The van der Waals surface area contributed by atoms with Gasteiger partial charge in [0, 0.05) is 32.6 Å². The molecule has 0 unspecified atom stereocenters. The Morgan fingerprint density at radius 2 is 1.90 bits per heavy atom. The molecule has 0 bridgehead atoms. The van der Waals surface area contributed by atoms with Crippen LogP contribution in [0.2, 0.25) is 0 Å². The van der Waals surface area contributed by atoms with Crippen molar-refractivity contribution in [3.8, 4) is 5.75 Å². The van der Waals surface area contributed by atoms with Crippen molar-refractivity contribution in [2.24, 2.45) is 0 Å². The largest absolute Gasteiger partial charge is 0.494 e. The van der Waals surface area contributed by atoms with Crippen LogP contribution in [0.4, 0.5) is 0 Å². The summed E-state index contributed by atoms with van der Waals surface area (Å²) in [5, 5.41) is 3.33. The molecule has 0 atom stereocenters. The number of amides is 1. The maximum atomic E-state index is 12.0. The number of piperidine rings is 1. The molecule has 4 nitrogen and oxygen atoms in total. The van der Waals surface area contributed by atoms with Crippen LogP contribution >= 0.6 is 0 Å². The lowest BCUT2D eigenvalue weighted by Gasteiger charge is -2.26. The maximum Gasteiger partial charge on any atom is 0.223 e. The molecule has 21 heavy (non-hydrogen) atoms. The van der Waals surface area contributed by atoms with E-state index in [1.807, 2.05) is 24.0 Å². The zero-order valence-corrected chi connectivity index (χ0v) is 12.9. The molecule has 0 radical (unpaired) electrons. The highest BCUT2D eigenvalue weighted by atomic mass is 16.5. The molecule has 0 saturated carbocycles. The zero-order chi connectivity index (χ0) is 14.9. The van der Waals surface area contributed by atoms with Gasteiger partial charge >= 0.3 is 0 Å². The smallest absolute Gasteiger partial charge is 0.223 e. The van der Waals surface area contributed by atoms with E-state index in [-0.39, 0.29) is 5.91 Å². The number of hydrogen-bond acceptors (Lipinski definition) is 3. The first-order chi connectivity index (χ1) is 10.3. The van der Waals surface area contributed by atoms with Crippen molar-refractivity contribution in [3.05, 3.63) is 29.8 Å². The summed E-state index contributed by atoms with van der Waals surface area (Å²) < 4.78 is 5.41. The fourth-order valence-corrected chi connectivity index (χ4v) is 2.60. The monoisotopic (exact) mass is 290 g/mol. The van der Waals surface area contributed by atoms with E-state index >= 15 is 0 Å². The molecule has 1 heterocycles. The summed E-state index contributed by atoms with van der Waals surface area (Å²) in [6.45, 7) is 6.09. The molecule has 1 aliphatic heterocycles. The highest BCUT2D eigenvalue weighted by Gasteiger charge is 2.15. The van der Waals surface area contributed by atoms with Crippen molar-refractivity contribution < 1.29 is 9.53 Å². The molecule has 1 saturated heterocycles. The molecular formula is C17H26N2O2. The Morgan fingerprint density at radius 3 is 2.57 bits per heavy atom. The number of ether oxygens (including phenoxy) is 1. The maximum absolute atomic E-state index is 12.0. The van der Waals surface area contributed by atoms with Gasteiger partial charge in [-0.2, -0.15) is 0 Å². The third-order valence-electron chi connectivity index (χ3n) is 3.79. The molecular weight excluding hydrogens is 264 g/mol. The van der Waals surface area contributed by atoms with Crippen LogP contribution < -0.4 is 10.1 Å². The van der Waals surface area contributed by atoms with Crippen LogP contribution in [-0.4, -0.2) is 37.0 Å². The predicted octanol–water partition coefficient (Wildman–Crippen LogP) is 2.58. The molecule has 1 aliphatic rings. The van der Waals surface area contributed by atoms with Crippen molar-refractivity contribution in [2.45, 2.75) is 39.2 Å². The van der Waals surface area contributed by atoms with E-state index in [0.717, 1.165) is 44.8 Å². The lowest BCUT2D eigenvalue weighted by molar-refractivity contribution is -0.131. The summed E-state index contributed by atoms with van der Waals surface area (Å²) in [4.78, 5) is 14.0. The first-order valence-electron chi connectivity index (χ1n) is 8.00. The van der Waals surface area contributed by atoms with Gasteiger partial charge in [0.2, 0.25) is 5.91 Å². The summed E-state index contributed by atoms with van der Waals surface area (Å²) in [7, 11) is 0. The lowest BCUT2D eigenvalue weighted by atomic mass is 10.1. The molecule has 1 fully saturated rings. The SMILES string of the molecule is CCOc1ccc(CNCCC(=O)N2CCCCC2)cc1. The topological polar surface area (TPSA) is 41.6 Å². The van der Waals surface area contributed by atoms with E-state index in [9.17, 15) is 4.79 Å². The summed E-state index contributed by atoms with van der Waals surface area (Å²) >= 11 is 0. The fourth-order valence-electron chi connectivity index (χ4n) is 2.60. The van der Waals surface area contributed by atoms with E-state index in [1.165, 1.54) is 12.0 Å². The van der Waals surface area contributed by atoms with Crippen LogP contribution in [0, 0.1) is 0 Å². The number of nitrogens with zero attached hydrogens (tertiary/aromatic N) is 1. The van der Waals surface area contributed by atoms with Gasteiger partial charge < -0.3 is 15.0 Å². The third kappa shape index (κ3) is 5.38. The van der Waals surface area contributed by atoms with Crippen molar-refractivity contribution in [1.82, 2.24) is 10.2 Å². The lowest BCUT2D eigenvalue weighted by Crippen LogP contribution is -2.37. The minimum atomic E-state index is 0.286. The second kappa shape index (κ2) is 8.67. The van der Waals surface area contributed by atoms with Gasteiger partial charge in [-0.05, 0) is 43.9 Å². The van der Waals surface area contributed by atoms with Gasteiger partial charge in [-0.3, -0.25) is 4.79 Å². The fraction of sp³-hybridized carbons (Fsp3) is 0.588. The van der Waals surface area contributed by atoms with Gasteiger partial charge in [0.05, 0.1) is 6.61 Å². The third-order valence-corrected chi connectivity index (χ3v) is 3.79. The van der Waals surface area contributed by atoms with E-state index in [4.69, 9.17) is 4.74 Å². The molecule has 1 N–H and O–H groups in total. The van der Waals surface area contributed by atoms with Crippen LogP contribution in [0.3, 0.4) is 0 Å². The number of benzene rings is 1.